The second kappa shape index (κ2) is 8.12. The summed E-state index contributed by atoms with van der Waals surface area (Å²) in [6.07, 6.45) is 0.409. The number of nitro benzene ring substituents is 1. The van der Waals surface area contributed by atoms with E-state index in [2.05, 4.69) is 5.32 Å². The number of amides is 3. The lowest BCUT2D eigenvalue weighted by molar-refractivity contribution is -0.385. The number of rotatable bonds is 6. The number of hydrogen-bond acceptors (Lipinski definition) is 7. The van der Waals surface area contributed by atoms with Crippen LogP contribution in [0.15, 0.2) is 36.4 Å². The summed E-state index contributed by atoms with van der Waals surface area (Å²) in [4.78, 5) is 61.2. The monoisotopic (exact) mass is 451 g/mol. The third kappa shape index (κ3) is 4.19. The van der Waals surface area contributed by atoms with Crippen LogP contribution in [0.4, 0.5) is 11.4 Å². The summed E-state index contributed by atoms with van der Waals surface area (Å²) in [7, 11) is 0. The second-order valence-electron chi connectivity index (χ2n) is 8.54. The summed E-state index contributed by atoms with van der Waals surface area (Å²) in [6.45, 7) is 3.61. The zero-order valence-electron chi connectivity index (χ0n) is 18.0. The van der Waals surface area contributed by atoms with Crippen molar-refractivity contribution in [3.05, 3.63) is 63.2 Å². The number of imide groups is 1. The normalized spacial score (nSPS) is 16.2. The molecule has 1 N–H and O–H groups in total. The van der Waals surface area contributed by atoms with Crippen LogP contribution in [0, 0.1) is 10.1 Å². The first-order chi connectivity index (χ1) is 15.6. The zero-order chi connectivity index (χ0) is 23.9. The number of fused-ring (bicyclic) bond motifs is 2. The number of nitrogens with one attached hydrogen (secondary N) is 1. The molecule has 10 heteroatoms. The number of carbonyl (C=O) groups excluding carboxylic acids is 4. The minimum Gasteiger partial charge on any atom is -0.487 e. The van der Waals surface area contributed by atoms with E-state index in [-0.39, 0.29) is 48.6 Å². The number of carbonyl (C=O) groups is 4. The Hall–Kier alpha value is -4.08. The van der Waals surface area contributed by atoms with Crippen LogP contribution in [0.3, 0.4) is 0 Å². The molecule has 2 heterocycles. The molecule has 4 rings (SSSR count). The van der Waals surface area contributed by atoms with Gasteiger partial charge in [-0.05, 0) is 44.5 Å². The molecule has 0 radical (unpaired) electrons. The third-order valence-corrected chi connectivity index (χ3v) is 5.50. The molecule has 2 aromatic carbocycles. The highest BCUT2D eigenvalue weighted by Gasteiger charge is 2.40. The summed E-state index contributed by atoms with van der Waals surface area (Å²) in [5, 5.41) is 13.9. The highest BCUT2D eigenvalue weighted by Crippen LogP contribution is 2.35. The van der Waals surface area contributed by atoms with Gasteiger partial charge in [-0.3, -0.25) is 34.2 Å². The topological polar surface area (TPSA) is 136 Å². The quantitative estimate of drug-likeness (QED) is 0.404. The average Bonchev–Trinajstić information content (AvgIpc) is 2.98. The van der Waals surface area contributed by atoms with Gasteiger partial charge in [0.1, 0.15) is 16.9 Å². The molecule has 33 heavy (non-hydrogen) atoms. The molecule has 0 spiro atoms. The summed E-state index contributed by atoms with van der Waals surface area (Å²) in [6, 6.07) is 8.74. The molecule has 0 saturated heterocycles. The molecule has 0 unspecified atom stereocenters. The SMILES string of the molecule is CC1(C)CC(=O)c2cc(NC(=O)CCCN3C(=O)c4cccc([N+](=O)[O-])c4C3=O)ccc2O1. The van der Waals surface area contributed by atoms with Crippen molar-refractivity contribution in [3.63, 3.8) is 0 Å². The lowest BCUT2D eigenvalue weighted by Crippen LogP contribution is -2.35. The van der Waals surface area contributed by atoms with Crippen molar-refractivity contribution in [1.29, 1.82) is 0 Å². The first-order valence-electron chi connectivity index (χ1n) is 10.4. The van der Waals surface area contributed by atoms with Crippen molar-refractivity contribution >= 4 is 34.9 Å². The maximum atomic E-state index is 12.6. The Kier molecular flexibility index (Phi) is 5.44. The number of ether oxygens (including phenoxy) is 1. The molecule has 2 aliphatic heterocycles. The second-order valence-corrected chi connectivity index (χ2v) is 8.54. The van der Waals surface area contributed by atoms with Crippen molar-refractivity contribution in [2.75, 3.05) is 11.9 Å². The minimum atomic E-state index is -0.737. The first-order valence-corrected chi connectivity index (χ1v) is 10.4. The van der Waals surface area contributed by atoms with Crippen LogP contribution in [-0.4, -0.2) is 45.5 Å². The Morgan fingerprint density at radius 3 is 2.64 bits per heavy atom. The Morgan fingerprint density at radius 2 is 1.91 bits per heavy atom. The van der Waals surface area contributed by atoms with E-state index in [1.807, 2.05) is 13.8 Å². The molecule has 10 nitrogen and oxygen atoms in total. The van der Waals surface area contributed by atoms with Crippen LogP contribution >= 0.6 is 0 Å². The number of anilines is 1. The van der Waals surface area contributed by atoms with E-state index >= 15 is 0 Å². The Balaban J connectivity index is 1.36. The lowest BCUT2D eigenvalue weighted by atomic mass is 9.93. The van der Waals surface area contributed by atoms with Crippen molar-refractivity contribution in [1.82, 2.24) is 4.90 Å². The van der Waals surface area contributed by atoms with Gasteiger partial charge < -0.3 is 10.1 Å². The summed E-state index contributed by atoms with van der Waals surface area (Å²) < 4.78 is 5.80. The van der Waals surface area contributed by atoms with Crippen molar-refractivity contribution in [3.8, 4) is 5.75 Å². The van der Waals surface area contributed by atoms with E-state index in [4.69, 9.17) is 4.74 Å². The highest BCUT2D eigenvalue weighted by molar-refractivity contribution is 6.23. The zero-order valence-corrected chi connectivity index (χ0v) is 18.0. The number of nitro groups is 1. The molecular weight excluding hydrogens is 430 g/mol. The van der Waals surface area contributed by atoms with Crippen LogP contribution in [0.5, 0.6) is 5.75 Å². The Morgan fingerprint density at radius 1 is 1.15 bits per heavy atom. The third-order valence-electron chi connectivity index (χ3n) is 5.50. The number of hydrogen-bond donors (Lipinski definition) is 1. The lowest BCUT2D eigenvalue weighted by Gasteiger charge is -2.31. The molecule has 0 aromatic heterocycles. The minimum absolute atomic E-state index is 0.00403. The van der Waals surface area contributed by atoms with Crippen LogP contribution in [-0.2, 0) is 4.79 Å². The number of Topliss-reactive ketones (excluding diaryl/α,β-unsaturated/α-hetero) is 1. The van der Waals surface area contributed by atoms with Gasteiger partial charge in [0.25, 0.3) is 17.5 Å². The number of benzene rings is 2. The van der Waals surface area contributed by atoms with Crippen LogP contribution < -0.4 is 10.1 Å². The van der Waals surface area contributed by atoms with E-state index in [0.717, 1.165) is 4.90 Å². The van der Waals surface area contributed by atoms with Gasteiger partial charge in [-0.15, -0.1) is 0 Å². The van der Waals surface area contributed by atoms with Crippen LogP contribution in [0.1, 0.15) is 64.2 Å². The predicted octanol–water partition coefficient (Wildman–Crippen LogP) is 3.35. The molecule has 3 amide bonds. The molecule has 2 aromatic rings. The fraction of sp³-hybridized carbons (Fsp3) is 0.304. The summed E-state index contributed by atoms with van der Waals surface area (Å²) >= 11 is 0. The predicted molar refractivity (Wildman–Crippen MR) is 116 cm³/mol. The van der Waals surface area contributed by atoms with E-state index in [1.54, 1.807) is 18.2 Å². The standard InChI is InChI=1S/C23H21N3O7/c1-23(2)12-17(27)15-11-13(8-9-18(15)33-23)24-19(28)7-4-10-25-21(29)14-5-3-6-16(26(31)32)20(14)22(25)30/h3,5-6,8-9,11H,4,7,10,12H2,1-2H3,(H,24,28). The Bertz CT molecular complexity index is 1220. The van der Waals surface area contributed by atoms with Gasteiger partial charge >= 0.3 is 0 Å². The molecule has 0 atom stereocenters. The average molecular weight is 451 g/mol. The highest BCUT2D eigenvalue weighted by atomic mass is 16.6. The van der Waals surface area contributed by atoms with Gasteiger partial charge in [0.05, 0.1) is 22.5 Å². The molecule has 0 fully saturated rings. The number of ketones is 1. The van der Waals surface area contributed by atoms with Crippen molar-refractivity contribution in [2.45, 2.75) is 38.7 Å². The molecule has 0 saturated carbocycles. The molecule has 0 aliphatic carbocycles. The van der Waals surface area contributed by atoms with E-state index in [0.29, 0.717) is 17.0 Å². The summed E-state index contributed by atoms with van der Waals surface area (Å²) in [5.74, 6) is -1.32. The number of nitrogens with zero attached hydrogens (tertiary/aromatic N) is 2. The molecule has 2 aliphatic rings. The van der Waals surface area contributed by atoms with Gasteiger partial charge in [-0.25, -0.2) is 0 Å². The van der Waals surface area contributed by atoms with Crippen molar-refractivity contribution in [2.24, 2.45) is 0 Å². The maximum Gasteiger partial charge on any atom is 0.282 e. The smallest absolute Gasteiger partial charge is 0.282 e. The van der Waals surface area contributed by atoms with Gasteiger partial charge in [-0.1, -0.05) is 6.07 Å². The van der Waals surface area contributed by atoms with Gasteiger partial charge in [0.2, 0.25) is 5.91 Å². The largest absolute Gasteiger partial charge is 0.487 e. The first kappa shape index (κ1) is 22.1. The maximum absolute atomic E-state index is 12.6. The van der Waals surface area contributed by atoms with Crippen LogP contribution in [0.2, 0.25) is 0 Å². The van der Waals surface area contributed by atoms with Gasteiger partial charge in [-0.2, -0.15) is 0 Å². The Labute approximate surface area is 188 Å². The van der Waals surface area contributed by atoms with Crippen LogP contribution in [0.25, 0.3) is 0 Å². The van der Waals surface area contributed by atoms with Gasteiger partial charge in [0.15, 0.2) is 5.78 Å². The molecule has 170 valence electrons. The van der Waals surface area contributed by atoms with Crippen molar-refractivity contribution < 1.29 is 28.8 Å². The summed E-state index contributed by atoms with van der Waals surface area (Å²) in [5.41, 5.74) is -0.393. The van der Waals surface area contributed by atoms with E-state index < -0.39 is 28.0 Å². The molecule has 0 bridgehead atoms. The molecular formula is C23H21N3O7. The van der Waals surface area contributed by atoms with E-state index in [1.165, 1.54) is 18.2 Å². The fourth-order valence-electron chi connectivity index (χ4n) is 4.02. The van der Waals surface area contributed by atoms with E-state index in [9.17, 15) is 29.3 Å². The van der Waals surface area contributed by atoms with Gasteiger partial charge in [0, 0.05) is 24.7 Å². The fourth-order valence-corrected chi connectivity index (χ4v) is 4.02.